The van der Waals surface area contributed by atoms with Crippen molar-refractivity contribution in [2.75, 3.05) is 26.4 Å². The van der Waals surface area contributed by atoms with Crippen molar-refractivity contribution in [3.8, 4) is 23.0 Å². The van der Waals surface area contributed by atoms with Gasteiger partial charge in [0.2, 0.25) is 6.43 Å². The second-order valence-electron chi connectivity index (χ2n) is 8.05. The zero-order valence-corrected chi connectivity index (χ0v) is 30.0. The van der Waals surface area contributed by atoms with E-state index in [1.54, 1.807) is 48.8 Å². The Labute approximate surface area is 293 Å². The van der Waals surface area contributed by atoms with Crippen molar-refractivity contribution in [3.63, 3.8) is 0 Å². The van der Waals surface area contributed by atoms with Gasteiger partial charge in [0.25, 0.3) is 0 Å². The molecule has 4 aromatic heterocycles. The summed E-state index contributed by atoms with van der Waals surface area (Å²) in [6, 6.07) is 13.8. The first-order valence-corrected chi connectivity index (χ1v) is 16.2. The summed E-state index contributed by atoms with van der Waals surface area (Å²) in [5, 5.41) is 17.2. The Morgan fingerprint density at radius 2 is 1.09 bits per heavy atom. The topological polar surface area (TPSA) is 137 Å². The molecule has 0 amide bonds. The predicted molar refractivity (Wildman–Crippen MR) is 179 cm³/mol. The van der Waals surface area contributed by atoms with Gasteiger partial charge in [-0.2, -0.15) is 0 Å². The first kappa shape index (κ1) is 40.2. The summed E-state index contributed by atoms with van der Waals surface area (Å²) in [6.45, 7) is 1.11. The quantitative estimate of drug-likeness (QED) is 0.0823. The zero-order chi connectivity index (χ0) is 33.3. The van der Waals surface area contributed by atoms with Crippen LogP contribution in [-0.4, -0.2) is 69.3 Å². The van der Waals surface area contributed by atoms with Crippen molar-refractivity contribution in [1.29, 1.82) is 0 Å². The van der Waals surface area contributed by atoms with Gasteiger partial charge in [-0.3, -0.25) is 0 Å². The molecule has 0 fully saturated rings. The standard InChI is InChI=1S/C8H8BrF2NO.C8H10BrNO2.C8H8BrNO2.C5H4BrNO/c9-7-2-1-6(5-12-7)13-4-3-8(10)11;2*9-8-3-2-7(6-10-8)12-5-1-4-11;6-5-2-1-4(8)3-7-5/h1-2,5,8H,3-4H2;2-3,6,11H,1,4-5H2;2-4,6H,1,5H2;1-3,8H. The van der Waals surface area contributed by atoms with E-state index in [1.807, 2.05) is 12.1 Å². The molecular formula is C29H30Br4F2N4O6. The van der Waals surface area contributed by atoms with E-state index in [4.69, 9.17) is 24.4 Å². The van der Waals surface area contributed by atoms with Crippen LogP contribution in [0.5, 0.6) is 23.0 Å². The monoisotopic (exact) mass is 884 g/mol. The van der Waals surface area contributed by atoms with Crippen LogP contribution in [0.2, 0.25) is 0 Å². The van der Waals surface area contributed by atoms with Crippen molar-refractivity contribution < 1.29 is 38.0 Å². The van der Waals surface area contributed by atoms with Crippen molar-refractivity contribution in [1.82, 2.24) is 19.9 Å². The smallest absolute Gasteiger partial charge is 0.241 e. The van der Waals surface area contributed by atoms with Gasteiger partial charge in [-0.1, -0.05) is 0 Å². The highest BCUT2D eigenvalue weighted by Gasteiger charge is 2.02. The van der Waals surface area contributed by atoms with Gasteiger partial charge in [0.1, 0.15) is 47.7 Å². The average Bonchev–Trinajstić information content (AvgIpc) is 3.03. The maximum Gasteiger partial charge on any atom is 0.241 e. The average molecular weight is 888 g/mol. The second kappa shape index (κ2) is 25.4. The first-order chi connectivity index (χ1) is 21.6. The lowest BCUT2D eigenvalue weighted by molar-refractivity contribution is -0.108. The molecule has 244 valence electrons. The van der Waals surface area contributed by atoms with E-state index >= 15 is 0 Å². The Hall–Kier alpha value is -2.79. The van der Waals surface area contributed by atoms with Crippen LogP contribution in [-0.2, 0) is 4.79 Å². The fourth-order valence-electron chi connectivity index (χ4n) is 2.46. The Kier molecular flexibility index (Phi) is 22.7. The molecule has 0 spiro atoms. The molecule has 0 radical (unpaired) electrons. The molecule has 10 nitrogen and oxygen atoms in total. The SMILES string of the molecule is FC(F)CCOc1ccc(Br)nc1.O=CCCOc1ccc(Br)nc1.OCCCOc1ccc(Br)nc1.Oc1ccc(Br)nc1. The summed E-state index contributed by atoms with van der Waals surface area (Å²) < 4.78 is 41.8. The number of aromatic nitrogens is 4. The van der Waals surface area contributed by atoms with E-state index in [-0.39, 0.29) is 25.4 Å². The normalized spacial score (nSPS) is 9.78. The first-order valence-electron chi connectivity index (χ1n) is 13.0. The molecule has 0 aromatic carbocycles. The third-order valence-corrected chi connectivity index (χ3v) is 6.37. The summed E-state index contributed by atoms with van der Waals surface area (Å²) in [7, 11) is 0. The van der Waals surface area contributed by atoms with Gasteiger partial charge in [0.15, 0.2) is 0 Å². The molecule has 0 saturated carbocycles. The maximum atomic E-state index is 11.7. The number of hydrogen-bond acceptors (Lipinski definition) is 10. The molecule has 0 atom stereocenters. The second-order valence-corrected chi connectivity index (χ2v) is 11.3. The number of aldehydes is 1. The van der Waals surface area contributed by atoms with Crippen LogP contribution >= 0.6 is 63.7 Å². The lowest BCUT2D eigenvalue weighted by atomic mass is 10.4. The summed E-state index contributed by atoms with van der Waals surface area (Å²) in [4.78, 5) is 25.5. The summed E-state index contributed by atoms with van der Waals surface area (Å²) >= 11 is 12.7. The summed E-state index contributed by atoms with van der Waals surface area (Å²) in [5.41, 5.74) is 0. The van der Waals surface area contributed by atoms with Gasteiger partial charge in [0, 0.05) is 25.9 Å². The van der Waals surface area contributed by atoms with Crippen LogP contribution in [0.3, 0.4) is 0 Å². The van der Waals surface area contributed by atoms with E-state index in [1.165, 1.54) is 12.4 Å². The van der Waals surface area contributed by atoms with Crippen LogP contribution in [0, 0.1) is 0 Å². The van der Waals surface area contributed by atoms with Gasteiger partial charge < -0.3 is 29.2 Å². The maximum absolute atomic E-state index is 11.7. The molecule has 0 aliphatic rings. The Morgan fingerprint density at radius 1 is 0.667 bits per heavy atom. The van der Waals surface area contributed by atoms with Crippen molar-refractivity contribution in [2.24, 2.45) is 0 Å². The van der Waals surface area contributed by atoms with Gasteiger partial charge in [-0.25, -0.2) is 28.7 Å². The number of aliphatic hydroxyl groups is 1. The highest BCUT2D eigenvalue weighted by atomic mass is 79.9. The zero-order valence-electron chi connectivity index (χ0n) is 23.6. The van der Waals surface area contributed by atoms with Gasteiger partial charge in [-0.05, 0) is 112 Å². The Bertz CT molecular complexity index is 1290. The van der Waals surface area contributed by atoms with Crippen LogP contribution in [0.1, 0.15) is 19.3 Å². The minimum atomic E-state index is -2.32. The number of aliphatic hydroxyl groups excluding tert-OH is 1. The molecule has 0 aliphatic heterocycles. The molecular weight excluding hydrogens is 858 g/mol. The minimum absolute atomic E-state index is 0.0149. The van der Waals surface area contributed by atoms with Crippen LogP contribution < -0.4 is 14.2 Å². The predicted octanol–water partition coefficient (Wildman–Crippen LogP) is 7.85. The van der Waals surface area contributed by atoms with Gasteiger partial charge in [0.05, 0.1) is 44.6 Å². The third-order valence-electron chi connectivity index (χ3n) is 4.49. The number of alkyl halides is 2. The van der Waals surface area contributed by atoms with Crippen LogP contribution in [0.15, 0.2) is 91.7 Å². The number of carbonyl (C=O) groups is 1. The van der Waals surface area contributed by atoms with E-state index in [9.17, 15) is 13.6 Å². The van der Waals surface area contributed by atoms with E-state index in [0.29, 0.717) is 42.2 Å². The fourth-order valence-corrected chi connectivity index (χ4v) is 3.39. The molecule has 4 aromatic rings. The number of pyridine rings is 4. The number of halogens is 6. The molecule has 0 bridgehead atoms. The van der Waals surface area contributed by atoms with Gasteiger partial charge >= 0.3 is 0 Å². The van der Waals surface area contributed by atoms with Crippen molar-refractivity contribution >= 4 is 70.0 Å². The molecule has 0 unspecified atom stereocenters. The molecule has 4 rings (SSSR count). The molecule has 0 aliphatic carbocycles. The number of ether oxygens (including phenoxy) is 3. The number of aromatic hydroxyl groups is 1. The largest absolute Gasteiger partial charge is 0.506 e. The molecule has 2 N–H and O–H groups in total. The lowest BCUT2D eigenvalue weighted by Crippen LogP contribution is -2.02. The molecule has 4 heterocycles. The highest BCUT2D eigenvalue weighted by Crippen LogP contribution is 2.15. The van der Waals surface area contributed by atoms with Crippen molar-refractivity contribution in [2.45, 2.75) is 25.7 Å². The highest BCUT2D eigenvalue weighted by molar-refractivity contribution is 9.11. The molecule has 45 heavy (non-hydrogen) atoms. The number of carbonyl (C=O) groups excluding carboxylic acids is 1. The minimum Gasteiger partial charge on any atom is -0.506 e. The van der Waals surface area contributed by atoms with Crippen LogP contribution in [0.4, 0.5) is 8.78 Å². The summed E-state index contributed by atoms with van der Waals surface area (Å²) in [6.07, 6.45) is 5.42. The number of nitrogens with zero attached hydrogens (tertiary/aromatic N) is 4. The van der Waals surface area contributed by atoms with E-state index in [0.717, 1.165) is 25.8 Å². The summed E-state index contributed by atoms with van der Waals surface area (Å²) in [5.74, 6) is 2.10. The third kappa shape index (κ3) is 22.4. The van der Waals surface area contributed by atoms with Gasteiger partial charge in [-0.15, -0.1) is 0 Å². The van der Waals surface area contributed by atoms with E-state index in [2.05, 4.69) is 83.7 Å². The van der Waals surface area contributed by atoms with Crippen LogP contribution in [0.25, 0.3) is 0 Å². The lowest BCUT2D eigenvalue weighted by Gasteiger charge is -2.04. The fraction of sp³-hybridized carbons (Fsp3) is 0.276. The number of hydrogen-bond donors (Lipinski definition) is 2. The molecule has 16 heteroatoms. The molecule has 0 saturated heterocycles. The Balaban J connectivity index is 0.000000304. The van der Waals surface area contributed by atoms with E-state index < -0.39 is 6.43 Å². The Morgan fingerprint density at radius 3 is 1.42 bits per heavy atom. The van der Waals surface area contributed by atoms with Crippen molar-refractivity contribution in [3.05, 3.63) is 91.7 Å². The number of rotatable bonds is 12.